The van der Waals surface area contributed by atoms with Gasteiger partial charge in [-0.05, 0) is 53.4 Å². The zero-order valence-electron chi connectivity index (χ0n) is 25.4. The molecule has 44 heavy (non-hydrogen) atoms. The molecule has 0 radical (unpaired) electrons. The van der Waals surface area contributed by atoms with E-state index in [1.54, 1.807) is 0 Å². The maximum atomic E-state index is 4.40. The van der Waals surface area contributed by atoms with Crippen molar-refractivity contribution >= 4 is 37.2 Å². The number of nitrogens with one attached hydrogen (secondary N) is 1. The van der Waals surface area contributed by atoms with Crippen LogP contribution in [0.25, 0.3) is 0 Å². The average Bonchev–Trinajstić information content (AvgIpc) is 3.11. The summed E-state index contributed by atoms with van der Waals surface area (Å²) < 4.78 is 0. The molecule has 218 valence electrons. The Kier molecular flexibility index (Phi) is 9.49. The highest BCUT2D eigenvalue weighted by Crippen LogP contribution is 2.53. The van der Waals surface area contributed by atoms with Crippen LogP contribution in [0.15, 0.2) is 182 Å². The first-order chi connectivity index (χ1) is 21.6. The smallest absolute Gasteiger partial charge is 0.0543 e. The topological polar surface area (TPSA) is 12.0 Å². The molecule has 2 unspecified atom stereocenters. The third-order valence-corrected chi connectivity index (χ3v) is 13.9. The normalized spacial score (nSPS) is 14.2. The highest BCUT2D eigenvalue weighted by molar-refractivity contribution is 7.73. The van der Waals surface area contributed by atoms with Crippen LogP contribution in [-0.4, -0.2) is 6.16 Å². The van der Waals surface area contributed by atoms with Crippen molar-refractivity contribution in [1.29, 1.82) is 0 Å². The van der Waals surface area contributed by atoms with Crippen molar-refractivity contribution in [3.63, 3.8) is 0 Å². The number of hydrogen-bond donors (Lipinski definition) is 1. The molecular weight excluding hydrogens is 568 g/mol. The van der Waals surface area contributed by atoms with E-state index in [1.165, 1.54) is 32.3 Å². The summed E-state index contributed by atoms with van der Waals surface area (Å²) in [5.74, 6) is 0. The van der Waals surface area contributed by atoms with Gasteiger partial charge in [0.1, 0.15) is 0 Å². The summed E-state index contributed by atoms with van der Waals surface area (Å²) in [5, 5.41) is 9.85. The molecule has 1 nitrogen and oxygen atoms in total. The van der Waals surface area contributed by atoms with Gasteiger partial charge >= 0.3 is 0 Å². The van der Waals surface area contributed by atoms with Crippen LogP contribution in [0.3, 0.4) is 0 Å². The minimum absolute atomic E-state index is 0.295. The Morgan fingerprint density at radius 2 is 0.727 bits per heavy atom. The van der Waals surface area contributed by atoms with Gasteiger partial charge in [0.15, 0.2) is 0 Å². The lowest BCUT2D eigenvalue weighted by Gasteiger charge is -2.51. The van der Waals surface area contributed by atoms with Crippen molar-refractivity contribution < 1.29 is 0 Å². The summed E-state index contributed by atoms with van der Waals surface area (Å²) in [7, 11) is -1.58. The molecule has 0 aromatic heterocycles. The molecular formula is C41H39NP2. The number of hydrogen-bond acceptors (Lipinski definition) is 1. The van der Waals surface area contributed by atoms with E-state index >= 15 is 0 Å². The highest BCUT2D eigenvalue weighted by Gasteiger charge is 2.49. The minimum atomic E-state index is -0.893. The minimum Gasteiger partial charge on any atom is -0.278 e. The fourth-order valence-corrected chi connectivity index (χ4v) is 11.3. The summed E-state index contributed by atoms with van der Waals surface area (Å²) in [4.78, 5) is 0. The summed E-state index contributed by atoms with van der Waals surface area (Å²) in [6.45, 7) is 4.94. The van der Waals surface area contributed by atoms with Crippen molar-refractivity contribution in [2.24, 2.45) is 0 Å². The van der Waals surface area contributed by atoms with Gasteiger partial charge < -0.3 is 0 Å². The van der Waals surface area contributed by atoms with E-state index in [0.29, 0.717) is 0 Å². The Labute approximate surface area is 265 Å². The highest BCUT2D eigenvalue weighted by atomic mass is 31.1. The van der Waals surface area contributed by atoms with Crippen molar-refractivity contribution in [2.75, 3.05) is 6.16 Å². The van der Waals surface area contributed by atoms with E-state index in [4.69, 9.17) is 0 Å². The Morgan fingerprint density at radius 3 is 1.11 bits per heavy atom. The van der Waals surface area contributed by atoms with Gasteiger partial charge in [0, 0.05) is 13.5 Å². The van der Waals surface area contributed by atoms with Crippen LogP contribution < -0.4 is 26.3 Å². The molecule has 3 heteroatoms. The van der Waals surface area contributed by atoms with Crippen LogP contribution in [0, 0.1) is 0 Å². The molecule has 0 fully saturated rings. The van der Waals surface area contributed by atoms with E-state index in [0.717, 1.165) is 6.16 Å². The van der Waals surface area contributed by atoms with E-state index < -0.39 is 21.5 Å². The van der Waals surface area contributed by atoms with Crippen LogP contribution in [-0.2, 0) is 11.0 Å². The van der Waals surface area contributed by atoms with Crippen molar-refractivity contribution in [2.45, 2.75) is 24.8 Å². The van der Waals surface area contributed by atoms with E-state index in [-0.39, 0.29) is 5.41 Å². The van der Waals surface area contributed by atoms with Gasteiger partial charge in [-0.15, -0.1) is 0 Å². The Morgan fingerprint density at radius 1 is 0.409 bits per heavy atom. The van der Waals surface area contributed by atoms with Gasteiger partial charge in [0.2, 0.25) is 0 Å². The molecule has 0 saturated carbocycles. The lowest BCUT2D eigenvalue weighted by Crippen LogP contribution is -2.56. The fraction of sp³-hybridized carbons (Fsp3) is 0.122. The van der Waals surface area contributed by atoms with Gasteiger partial charge in [0.25, 0.3) is 0 Å². The quantitative estimate of drug-likeness (QED) is 0.145. The summed E-state index contributed by atoms with van der Waals surface area (Å²) >= 11 is 0. The zero-order chi connectivity index (χ0) is 30.2. The Bertz CT molecular complexity index is 1500. The molecule has 6 aromatic carbocycles. The molecule has 0 aliphatic heterocycles. The molecule has 6 aromatic rings. The molecule has 1 N–H and O–H groups in total. The maximum absolute atomic E-state index is 4.40. The maximum Gasteiger partial charge on any atom is 0.0543 e. The average molecular weight is 608 g/mol. The molecule has 0 amide bonds. The van der Waals surface area contributed by atoms with Crippen LogP contribution in [0.2, 0.25) is 0 Å². The third kappa shape index (κ3) is 6.33. The van der Waals surface area contributed by atoms with Crippen LogP contribution >= 0.6 is 16.0 Å². The molecule has 0 spiro atoms. The first kappa shape index (κ1) is 30.2. The largest absolute Gasteiger partial charge is 0.278 e. The van der Waals surface area contributed by atoms with Gasteiger partial charge in [0.05, 0.1) is 5.54 Å². The molecule has 0 aliphatic carbocycles. The summed E-state index contributed by atoms with van der Waals surface area (Å²) in [6, 6.07) is 66.6. The van der Waals surface area contributed by atoms with Crippen LogP contribution in [0.1, 0.15) is 25.0 Å². The Hall–Kier alpha value is -3.86. The molecule has 6 rings (SSSR count). The van der Waals surface area contributed by atoms with E-state index in [9.17, 15) is 0 Å². The number of benzene rings is 6. The van der Waals surface area contributed by atoms with Gasteiger partial charge in [-0.3, -0.25) is 5.09 Å². The second kappa shape index (κ2) is 13.8. The first-order valence-electron chi connectivity index (χ1n) is 15.3. The lowest BCUT2D eigenvalue weighted by molar-refractivity contribution is 0.266. The molecule has 0 saturated heterocycles. The Balaban J connectivity index is 1.58. The second-order valence-corrected chi connectivity index (χ2v) is 15.7. The standard InChI is InChI=1S/C41H39NP2/c1-40(34-21-9-3-10-22-34,33-43(36-25-13-5-14-26-36)37-27-15-6-16-28-37)41(2,35-23-11-4-12-24-35)42-44(38-29-17-7-18-30-38)39-31-19-8-20-32-39/h3-32,42H,33H2,1-2H3. The molecule has 2 atom stereocenters. The first-order valence-corrected chi connectivity index (χ1v) is 18.1. The molecule has 0 aliphatic rings. The van der Waals surface area contributed by atoms with E-state index in [2.05, 4.69) is 201 Å². The van der Waals surface area contributed by atoms with Crippen LogP contribution in [0.4, 0.5) is 0 Å². The van der Waals surface area contributed by atoms with Gasteiger partial charge in [-0.1, -0.05) is 189 Å². The predicted octanol–water partition coefficient (Wildman–Crippen LogP) is 8.63. The zero-order valence-corrected chi connectivity index (χ0v) is 27.2. The van der Waals surface area contributed by atoms with Gasteiger partial charge in [-0.25, -0.2) is 0 Å². The summed E-state index contributed by atoms with van der Waals surface area (Å²) in [6.07, 6.45) is 0.978. The SMILES string of the molecule is CC(CP(c1ccccc1)c1ccccc1)(c1ccccc1)C(C)(NP(c1ccccc1)c1ccccc1)c1ccccc1. The van der Waals surface area contributed by atoms with Crippen LogP contribution in [0.5, 0.6) is 0 Å². The predicted molar refractivity (Wildman–Crippen MR) is 194 cm³/mol. The number of rotatable bonds is 11. The van der Waals surface area contributed by atoms with Crippen molar-refractivity contribution in [3.05, 3.63) is 193 Å². The summed E-state index contributed by atoms with van der Waals surface area (Å²) in [5.41, 5.74) is 1.91. The fourth-order valence-electron chi connectivity index (χ4n) is 6.14. The van der Waals surface area contributed by atoms with E-state index in [1.807, 2.05) is 0 Å². The van der Waals surface area contributed by atoms with Gasteiger partial charge in [-0.2, -0.15) is 0 Å². The third-order valence-electron chi connectivity index (χ3n) is 8.84. The lowest BCUT2D eigenvalue weighted by atomic mass is 9.66. The second-order valence-electron chi connectivity index (χ2n) is 11.6. The van der Waals surface area contributed by atoms with Crippen molar-refractivity contribution in [1.82, 2.24) is 5.09 Å². The monoisotopic (exact) mass is 607 g/mol. The molecule has 0 bridgehead atoms. The molecule has 0 heterocycles. The van der Waals surface area contributed by atoms with Crippen molar-refractivity contribution in [3.8, 4) is 0 Å².